The highest BCUT2D eigenvalue weighted by Gasteiger charge is 2.22. The summed E-state index contributed by atoms with van der Waals surface area (Å²) in [4.78, 5) is 6.72. The summed E-state index contributed by atoms with van der Waals surface area (Å²) in [5, 5.41) is 7.83. The second-order valence-electron chi connectivity index (χ2n) is 4.94. The molecular weight excluding hydrogens is 390 g/mol. The van der Waals surface area contributed by atoms with E-state index in [-0.39, 0.29) is 30.7 Å². The summed E-state index contributed by atoms with van der Waals surface area (Å²) in [6.07, 6.45) is -0.936. The normalized spacial score (nSPS) is 19.5. The Kier molecular flexibility index (Phi) is 5.79. The number of nitrogens with one attached hydrogen (secondary N) is 3. The molecule has 1 unspecified atom stereocenters. The van der Waals surface area contributed by atoms with Crippen molar-refractivity contribution in [1.29, 1.82) is 0 Å². The van der Waals surface area contributed by atoms with Crippen LogP contribution in [0.25, 0.3) is 0 Å². The highest BCUT2D eigenvalue weighted by atomic mass is 32.2. The maximum atomic E-state index is 11.5. The molecule has 15 heteroatoms. The topological polar surface area (TPSA) is 222 Å². The molecule has 1 aliphatic rings. The van der Waals surface area contributed by atoms with Gasteiger partial charge in [0.15, 0.2) is 6.29 Å². The molecule has 1 heterocycles. The van der Waals surface area contributed by atoms with Gasteiger partial charge in [0.2, 0.25) is 11.9 Å². The second kappa shape index (κ2) is 7.52. The first-order chi connectivity index (χ1) is 12.0. The lowest BCUT2D eigenvalue weighted by Crippen LogP contribution is -2.56. The van der Waals surface area contributed by atoms with Crippen LogP contribution in [0.15, 0.2) is 38.0 Å². The number of benzene rings is 1. The smallest absolute Gasteiger partial charge is 0.296 e. The summed E-state index contributed by atoms with van der Waals surface area (Å²) in [5.41, 5.74) is 10.7. The van der Waals surface area contributed by atoms with Crippen molar-refractivity contribution in [2.75, 3.05) is 18.4 Å². The Labute approximate surface area is 149 Å². The van der Waals surface area contributed by atoms with Crippen LogP contribution in [0.1, 0.15) is 0 Å². The van der Waals surface area contributed by atoms with E-state index in [2.05, 4.69) is 25.9 Å². The van der Waals surface area contributed by atoms with Gasteiger partial charge in [-0.2, -0.15) is 16.8 Å². The second-order valence-corrected chi connectivity index (χ2v) is 7.76. The average Bonchev–Trinajstić information content (AvgIpc) is 2.50. The fraction of sp³-hybridized carbons (Fsp3) is 0.273. The van der Waals surface area contributed by atoms with Crippen LogP contribution >= 0.6 is 0 Å². The Morgan fingerprint density at radius 2 is 1.92 bits per heavy atom. The fourth-order valence-electron chi connectivity index (χ4n) is 1.94. The average molecular weight is 407 g/mol. The van der Waals surface area contributed by atoms with Gasteiger partial charge in [0.1, 0.15) is 4.90 Å². The van der Waals surface area contributed by atoms with Crippen LogP contribution in [0.2, 0.25) is 0 Å². The molecule has 26 heavy (non-hydrogen) atoms. The van der Waals surface area contributed by atoms with Crippen LogP contribution in [0.3, 0.4) is 0 Å². The quantitative estimate of drug-likeness (QED) is 0.257. The number of rotatable bonds is 5. The van der Waals surface area contributed by atoms with Crippen LogP contribution in [-0.4, -0.2) is 57.2 Å². The molecular formula is C11H17N7O6S2. The molecule has 0 aliphatic carbocycles. The summed E-state index contributed by atoms with van der Waals surface area (Å²) < 4.78 is 63.9. The Morgan fingerprint density at radius 3 is 2.50 bits per heavy atom. The Hall–Kier alpha value is -2.30. The summed E-state index contributed by atoms with van der Waals surface area (Å²) in [6, 6.07) is 2.44. The van der Waals surface area contributed by atoms with E-state index in [1.54, 1.807) is 0 Å². The first-order valence-electron chi connectivity index (χ1n) is 6.98. The first kappa shape index (κ1) is 20.0. The van der Waals surface area contributed by atoms with E-state index in [9.17, 15) is 21.4 Å². The number of hydrogen-bond acceptors (Lipinski definition) is 9. The van der Waals surface area contributed by atoms with E-state index in [0.29, 0.717) is 0 Å². The summed E-state index contributed by atoms with van der Waals surface area (Å²) in [6.45, 7) is 0.537. The van der Waals surface area contributed by atoms with Crippen molar-refractivity contribution in [2.45, 2.75) is 16.1 Å². The van der Waals surface area contributed by atoms with Crippen LogP contribution in [0, 0.1) is 0 Å². The van der Waals surface area contributed by atoms with Crippen LogP contribution in [0.4, 0.5) is 5.69 Å². The molecule has 0 saturated heterocycles. The number of nitrogens with zero attached hydrogens (tertiary/aromatic N) is 2. The van der Waals surface area contributed by atoms with Crippen LogP contribution in [-0.2, 0) is 20.2 Å². The van der Waals surface area contributed by atoms with Gasteiger partial charge in [0.25, 0.3) is 20.2 Å². The third-order valence-corrected chi connectivity index (χ3v) is 4.73. The molecule has 2 rings (SSSR count). The molecule has 0 bridgehead atoms. The minimum Gasteiger partial charge on any atom is -0.329 e. The van der Waals surface area contributed by atoms with Gasteiger partial charge in [-0.25, -0.2) is 4.99 Å². The molecule has 0 amide bonds. The van der Waals surface area contributed by atoms with Crippen molar-refractivity contribution in [1.82, 2.24) is 10.6 Å². The van der Waals surface area contributed by atoms with E-state index in [1.165, 1.54) is 0 Å². The summed E-state index contributed by atoms with van der Waals surface area (Å²) >= 11 is 0. The van der Waals surface area contributed by atoms with Gasteiger partial charge in [0.05, 0.1) is 17.1 Å². The zero-order valence-electron chi connectivity index (χ0n) is 13.1. The minimum absolute atomic E-state index is 0.0793. The van der Waals surface area contributed by atoms with Crippen molar-refractivity contribution >= 4 is 37.8 Å². The predicted octanol–water partition coefficient (Wildman–Crippen LogP) is -2.30. The van der Waals surface area contributed by atoms with Crippen LogP contribution in [0.5, 0.6) is 0 Å². The van der Waals surface area contributed by atoms with Crippen molar-refractivity contribution < 1.29 is 25.9 Å². The largest absolute Gasteiger partial charge is 0.329 e. The molecule has 144 valence electrons. The van der Waals surface area contributed by atoms with Crippen LogP contribution < -0.4 is 27.4 Å². The number of nitrogens with two attached hydrogens (primary N) is 2. The summed E-state index contributed by atoms with van der Waals surface area (Å²) in [7, 11) is -9.32. The van der Waals surface area contributed by atoms with Gasteiger partial charge in [0, 0.05) is 6.54 Å². The van der Waals surface area contributed by atoms with Gasteiger partial charge in [-0.05, 0) is 18.2 Å². The van der Waals surface area contributed by atoms with Crippen molar-refractivity contribution in [3.8, 4) is 0 Å². The Bertz CT molecular complexity index is 957. The zero-order chi connectivity index (χ0) is 19.5. The number of guanidine groups is 2. The molecule has 0 aromatic heterocycles. The number of aliphatic imine (C=N–C) groups is 2. The van der Waals surface area contributed by atoms with Gasteiger partial charge >= 0.3 is 0 Å². The van der Waals surface area contributed by atoms with E-state index in [4.69, 9.17) is 16.0 Å². The fourth-order valence-corrected chi connectivity index (χ4v) is 3.07. The molecule has 9 N–H and O–H groups in total. The standard InChI is InChI=1S/C11H17N7O6S2/c12-3-4-14-10-16-9(13)17-11(18-10)15-7-5-6(25(19,20)21)1-2-8(7)26(22,23)24/h1-2,5,9H,3-4,12-13H2,(H,19,20,21)(H,22,23,24)(H3,14,15,16,17,18). The van der Waals surface area contributed by atoms with Gasteiger partial charge in [-0.3, -0.25) is 25.1 Å². The molecule has 1 aromatic rings. The van der Waals surface area contributed by atoms with Crippen molar-refractivity contribution in [2.24, 2.45) is 21.5 Å². The molecule has 1 atom stereocenters. The molecule has 13 nitrogen and oxygen atoms in total. The SMILES string of the molecule is NCCN=C1NC(Nc2cc(S(=O)(=O)O)ccc2S(=O)(=O)O)=NC(N)N1. The van der Waals surface area contributed by atoms with E-state index in [1.807, 2.05) is 0 Å². The Balaban J connectivity index is 2.44. The molecule has 0 saturated carbocycles. The lowest BCUT2D eigenvalue weighted by Gasteiger charge is -2.24. The van der Waals surface area contributed by atoms with E-state index < -0.39 is 36.3 Å². The molecule has 0 spiro atoms. The van der Waals surface area contributed by atoms with Crippen molar-refractivity contribution in [3.05, 3.63) is 18.2 Å². The predicted molar refractivity (Wildman–Crippen MR) is 92.7 cm³/mol. The minimum atomic E-state index is -4.70. The van der Waals surface area contributed by atoms with E-state index in [0.717, 1.165) is 18.2 Å². The number of hydrogen-bond donors (Lipinski definition) is 7. The third-order valence-electron chi connectivity index (χ3n) is 2.97. The molecule has 0 fully saturated rings. The van der Waals surface area contributed by atoms with Gasteiger partial charge < -0.3 is 16.4 Å². The molecule has 1 aliphatic heterocycles. The zero-order valence-corrected chi connectivity index (χ0v) is 14.7. The van der Waals surface area contributed by atoms with E-state index >= 15 is 0 Å². The van der Waals surface area contributed by atoms with Gasteiger partial charge in [-0.15, -0.1) is 0 Å². The summed E-state index contributed by atoms with van der Waals surface area (Å²) in [5.74, 6) is 0.115. The first-order valence-corrected chi connectivity index (χ1v) is 9.86. The van der Waals surface area contributed by atoms with Crippen molar-refractivity contribution in [3.63, 3.8) is 0 Å². The molecule has 0 radical (unpaired) electrons. The monoisotopic (exact) mass is 407 g/mol. The maximum Gasteiger partial charge on any atom is 0.296 e. The maximum absolute atomic E-state index is 11.5. The van der Waals surface area contributed by atoms with Gasteiger partial charge in [-0.1, -0.05) is 0 Å². The Morgan fingerprint density at radius 1 is 1.23 bits per heavy atom. The highest BCUT2D eigenvalue weighted by molar-refractivity contribution is 7.86. The molecule has 1 aromatic carbocycles. The third kappa shape index (κ3) is 5.10. The lowest BCUT2D eigenvalue weighted by molar-refractivity contribution is 0.479. The lowest BCUT2D eigenvalue weighted by atomic mass is 10.3. The highest BCUT2D eigenvalue weighted by Crippen LogP contribution is 2.25. The number of anilines is 1.